The minimum absolute atomic E-state index is 0.141. The first kappa shape index (κ1) is 42.0. The molecule has 6 nitrogen and oxygen atoms in total. The van der Waals surface area contributed by atoms with Crippen molar-refractivity contribution in [2.75, 3.05) is 0 Å². The average molecular weight is 706 g/mol. The van der Waals surface area contributed by atoms with Crippen LogP contribution in [0.3, 0.4) is 0 Å². The van der Waals surface area contributed by atoms with Gasteiger partial charge in [-0.05, 0) is 61.8 Å². The van der Waals surface area contributed by atoms with E-state index >= 15 is 0 Å². The standard InChI is InChI=1S/2C19H32O3S.Al/c2*1-3-4-5-6-7-8-9-10-11-12-15-18-16-13-14-17(2)19(18)23(20,21)22;/h2*13-14,16H,3-12,15H2,1-2H3,(H,20,21,22);/q;;+2/p-2. The van der Waals surface area contributed by atoms with Crippen molar-refractivity contribution in [3.05, 3.63) is 58.7 Å². The Bertz CT molecular complexity index is 1250. The van der Waals surface area contributed by atoms with Crippen molar-refractivity contribution in [1.29, 1.82) is 0 Å². The second kappa shape index (κ2) is 24.0. The molecule has 0 heterocycles. The number of unbranched alkanes of at least 4 members (excludes halogenated alkanes) is 18. The van der Waals surface area contributed by atoms with E-state index in [4.69, 9.17) is 6.47 Å². The molecule has 47 heavy (non-hydrogen) atoms. The van der Waals surface area contributed by atoms with E-state index in [0.717, 1.165) is 38.5 Å². The Hall–Kier alpha value is -1.21. The summed E-state index contributed by atoms with van der Waals surface area (Å²) in [5.41, 5.74) is 2.61. The Morgan fingerprint density at radius 2 is 0.766 bits per heavy atom. The Morgan fingerprint density at radius 3 is 1.09 bits per heavy atom. The second-order valence-corrected chi connectivity index (χ2v) is 17.6. The summed E-state index contributed by atoms with van der Waals surface area (Å²) in [4.78, 5) is 0.281. The molecule has 0 amide bonds. The maximum absolute atomic E-state index is 13.4. The van der Waals surface area contributed by atoms with Crippen molar-refractivity contribution in [2.45, 2.75) is 179 Å². The van der Waals surface area contributed by atoms with Gasteiger partial charge in [-0.15, -0.1) is 0 Å². The molecule has 0 fully saturated rings. The minimum Gasteiger partial charge on any atom is -0.368 e. The Kier molecular flexibility index (Phi) is 21.5. The minimum atomic E-state index is -4.19. The topological polar surface area (TPSA) is 86.7 Å². The van der Waals surface area contributed by atoms with Crippen LogP contribution >= 0.6 is 0 Å². The van der Waals surface area contributed by atoms with Crippen molar-refractivity contribution < 1.29 is 23.3 Å². The van der Waals surface area contributed by atoms with E-state index in [9.17, 15) is 16.8 Å². The van der Waals surface area contributed by atoms with E-state index in [0.29, 0.717) is 35.1 Å². The van der Waals surface area contributed by atoms with Gasteiger partial charge in [-0.2, -0.15) is 16.8 Å². The first-order valence-corrected chi connectivity index (χ1v) is 22.2. The number of benzene rings is 2. The largest absolute Gasteiger partial charge is 0.700 e. The summed E-state index contributed by atoms with van der Waals surface area (Å²) in [6.45, 7) is 7.96. The molecule has 0 saturated carbocycles. The molecule has 2 aromatic rings. The maximum atomic E-state index is 13.4. The van der Waals surface area contributed by atoms with E-state index in [1.54, 1.807) is 26.0 Å². The predicted molar refractivity (Wildman–Crippen MR) is 196 cm³/mol. The van der Waals surface area contributed by atoms with E-state index in [2.05, 4.69) is 13.8 Å². The highest BCUT2D eigenvalue weighted by Crippen LogP contribution is 2.27. The van der Waals surface area contributed by atoms with Gasteiger partial charge in [-0.1, -0.05) is 166 Å². The van der Waals surface area contributed by atoms with Crippen LogP contribution in [-0.2, 0) is 39.5 Å². The molecular weight excluding hydrogens is 644 g/mol. The first-order chi connectivity index (χ1) is 22.6. The molecular formula is C38H62AlO6S2. The molecule has 2 aromatic carbocycles. The first-order valence-electron chi connectivity index (χ1n) is 18.5. The van der Waals surface area contributed by atoms with E-state index in [1.807, 2.05) is 24.3 Å². The molecule has 0 aliphatic heterocycles. The van der Waals surface area contributed by atoms with Gasteiger partial charge in [0, 0.05) is 0 Å². The summed E-state index contributed by atoms with van der Waals surface area (Å²) in [5.74, 6) is 0. The average Bonchev–Trinajstić information content (AvgIpc) is 3.02. The molecule has 0 saturated heterocycles. The van der Waals surface area contributed by atoms with Crippen molar-refractivity contribution in [3.63, 3.8) is 0 Å². The monoisotopic (exact) mass is 705 g/mol. The zero-order valence-corrected chi connectivity index (χ0v) is 32.7. The Labute approximate surface area is 295 Å². The fourth-order valence-electron chi connectivity index (χ4n) is 6.36. The number of hydrogen-bond donors (Lipinski definition) is 0. The van der Waals surface area contributed by atoms with Crippen LogP contribution in [-0.4, -0.2) is 32.7 Å². The summed E-state index contributed by atoms with van der Waals surface area (Å²) < 4.78 is 64.0. The summed E-state index contributed by atoms with van der Waals surface area (Å²) in [6.07, 6.45) is 25.5. The molecule has 9 heteroatoms. The third-order valence-corrected chi connectivity index (χ3v) is 13.8. The summed E-state index contributed by atoms with van der Waals surface area (Å²) >= 11 is -1.80. The second-order valence-electron chi connectivity index (χ2n) is 13.2. The normalized spacial score (nSPS) is 12.1. The van der Waals surface area contributed by atoms with Crippen LogP contribution in [0.25, 0.3) is 0 Å². The molecule has 0 unspecified atom stereocenters. The van der Waals surface area contributed by atoms with Gasteiger partial charge in [-0.25, -0.2) is 0 Å². The zero-order valence-electron chi connectivity index (χ0n) is 29.9. The van der Waals surface area contributed by atoms with Crippen molar-refractivity contribution >= 4 is 36.1 Å². The van der Waals surface area contributed by atoms with Gasteiger partial charge in [0.1, 0.15) is 0 Å². The molecule has 0 atom stereocenters. The van der Waals surface area contributed by atoms with E-state index < -0.39 is 36.1 Å². The van der Waals surface area contributed by atoms with Crippen LogP contribution in [0, 0.1) is 13.8 Å². The summed E-state index contributed by atoms with van der Waals surface area (Å²) in [6, 6.07) is 10.9. The number of aryl methyl sites for hydroxylation is 4. The molecule has 0 aliphatic carbocycles. The lowest BCUT2D eigenvalue weighted by atomic mass is 10.0. The van der Waals surface area contributed by atoms with Crippen LogP contribution in [0.15, 0.2) is 46.2 Å². The van der Waals surface area contributed by atoms with Gasteiger partial charge in [0.15, 0.2) is 0 Å². The maximum Gasteiger partial charge on any atom is 0.700 e. The van der Waals surface area contributed by atoms with Crippen molar-refractivity contribution in [2.24, 2.45) is 0 Å². The Morgan fingerprint density at radius 1 is 0.468 bits per heavy atom. The van der Waals surface area contributed by atoms with Crippen LogP contribution in [0.2, 0.25) is 0 Å². The number of rotatable bonds is 28. The van der Waals surface area contributed by atoms with Crippen LogP contribution in [0.5, 0.6) is 0 Å². The van der Waals surface area contributed by atoms with Crippen LogP contribution in [0.4, 0.5) is 0 Å². The van der Waals surface area contributed by atoms with Gasteiger partial charge in [0.05, 0.1) is 9.79 Å². The molecule has 0 spiro atoms. The SMILES string of the molecule is CCCCCCCCCCCCc1cccc(C)c1S(=O)(=O)[O][Al][O]S(=O)(=O)c1c(C)cccc1CCCCCCCCCCCC. The quantitative estimate of drug-likeness (QED) is 0.0647. The lowest BCUT2D eigenvalue weighted by Gasteiger charge is -2.15. The molecule has 265 valence electrons. The van der Waals surface area contributed by atoms with E-state index in [-0.39, 0.29) is 9.79 Å². The Balaban J connectivity index is 1.88. The fourth-order valence-corrected chi connectivity index (χ4v) is 10.3. The smallest absolute Gasteiger partial charge is 0.368 e. The third kappa shape index (κ3) is 16.4. The summed E-state index contributed by atoms with van der Waals surface area (Å²) in [5, 5.41) is 0. The van der Waals surface area contributed by atoms with E-state index in [1.165, 1.54) is 89.9 Å². The molecule has 0 bridgehead atoms. The van der Waals surface area contributed by atoms with Gasteiger partial charge in [0.25, 0.3) is 20.2 Å². The highest BCUT2D eigenvalue weighted by Gasteiger charge is 2.28. The van der Waals surface area contributed by atoms with Crippen molar-refractivity contribution in [1.82, 2.24) is 0 Å². The molecule has 0 aliphatic rings. The zero-order chi connectivity index (χ0) is 34.4. The van der Waals surface area contributed by atoms with Gasteiger partial charge < -0.3 is 6.47 Å². The molecule has 0 aromatic heterocycles. The predicted octanol–water partition coefficient (Wildman–Crippen LogP) is 10.9. The molecule has 0 N–H and O–H groups in total. The lowest BCUT2D eigenvalue weighted by molar-refractivity contribution is 0.428. The van der Waals surface area contributed by atoms with Gasteiger partial charge >= 0.3 is 15.9 Å². The van der Waals surface area contributed by atoms with Crippen molar-refractivity contribution in [3.8, 4) is 0 Å². The van der Waals surface area contributed by atoms with Gasteiger partial charge in [0.2, 0.25) is 0 Å². The highest BCUT2D eigenvalue weighted by atomic mass is 32.2. The molecule has 2 rings (SSSR count). The lowest BCUT2D eigenvalue weighted by Crippen LogP contribution is -2.20. The fraction of sp³-hybridized carbons (Fsp3) is 0.684. The third-order valence-electron chi connectivity index (χ3n) is 9.02. The van der Waals surface area contributed by atoms with Gasteiger partial charge in [-0.3, -0.25) is 0 Å². The number of hydrogen-bond acceptors (Lipinski definition) is 6. The summed E-state index contributed by atoms with van der Waals surface area (Å²) in [7, 11) is -8.39. The van der Waals surface area contributed by atoms with Crippen LogP contribution < -0.4 is 0 Å². The molecule has 1 radical (unpaired) electrons. The van der Waals surface area contributed by atoms with Crippen LogP contribution in [0.1, 0.15) is 165 Å². The highest BCUT2D eigenvalue weighted by molar-refractivity contribution is 7.89.